The van der Waals surface area contributed by atoms with Gasteiger partial charge >= 0.3 is 0 Å². The zero-order valence-electron chi connectivity index (χ0n) is 16.7. The maximum absolute atomic E-state index is 6.39. The van der Waals surface area contributed by atoms with Crippen LogP contribution in [-0.4, -0.2) is 24.6 Å². The molecular formula is C24H19ClN2O4. The topological polar surface area (TPSA) is 52.5 Å². The third-order valence-corrected chi connectivity index (χ3v) is 6.09. The van der Waals surface area contributed by atoms with Gasteiger partial charge in [-0.25, -0.2) is 5.01 Å². The van der Waals surface area contributed by atoms with Crippen molar-refractivity contribution < 1.29 is 18.9 Å². The first kappa shape index (κ1) is 18.4. The average molecular weight is 435 g/mol. The van der Waals surface area contributed by atoms with E-state index in [1.165, 1.54) is 0 Å². The maximum atomic E-state index is 6.39. The summed E-state index contributed by atoms with van der Waals surface area (Å²) in [5.74, 6) is 3.14. The molecule has 156 valence electrons. The molecule has 3 aromatic carbocycles. The fourth-order valence-electron chi connectivity index (χ4n) is 4.30. The van der Waals surface area contributed by atoms with Gasteiger partial charge in [-0.05, 0) is 60.7 Å². The molecule has 0 fully saturated rings. The third kappa shape index (κ3) is 3.06. The summed E-state index contributed by atoms with van der Waals surface area (Å²) in [5, 5.41) is 7.70. The molecule has 0 radical (unpaired) electrons. The van der Waals surface area contributed by atoms with E-state index in [9.17, 15) is 0 Å². The van der Waals surface area contributed by atoms with Crippen LogP contribution in [-0.2, 0) is 0 Å². The van der Waals surface area contributed by atoms with E-state index in [-0.39, 0.29) is 19.1 Å². The number of halogens is 1. The Kier molecular flexibility index (Phi) is 4.21. The molecule has 0 aliphatic carbocycles. The molecule has 3 aliphatic heterocycles. The molecule has 31 heavy (non-hydrogen) atoms. The van der Waals surface area contributed by atoms with Crippen LogP contribution < -0.4 is 18.9 Å². The Morgan fingerprint density at radius 2 is 1.77 bits per heavy atom. The van der Waals surface area contributed by atoms with E-state index in [1.807, 2.05) is 65.7 Å². The molecule has 6 nitrogen and oxygen atoms in total. The monoisotopic (exact) mass is 434 g/mol. The molecule has 0 saturated heterocycles. The second kappa shape index (κ2) is 7.10. The van der Waals surface area contributed by atoms with Crippen LogP contribution in [0.2, 0.25) is 5.02 Å². The van der Waals surface area contributed by atoms with Crippen LogP contribution in [0.25, 0.3) is 0 Å². The summed E-state index contributed by atoms with van der Waals surface area (Å²) < 4.78 is 22.7. The predicted molar refractivity (Wildman–Crippen MR) is 116 cm³/mol. The van der Waals surface area contributed by atoms with Gasteiger partial charge in [0.1, 0.15) is 11.5 Å². The van der Waals surface area contributed by atoms with Crippen LogP contribution in [0.4, 0.5) is 0 Å². The van der Waals surface area contributed by atoms with Crippen molar-refractivity contribution in [2.45, 2.75) is 18.7 Å². The summed E-state index contributed by atoms with van der Waals surface area (Å²) in [6.45, 7) is 0.249. The first-order chi connectivity index (χ1) is 15.2. The van der Waals surface area contributed by atoms with E-state index in [1.54, 1.807) is 7.11 Å². The minimum Gasteiger partial charge on any atom is -0.497 e. The van der Waals surface area contributed by atoms with Crippen molar-refractivity contribution in [1.29, 1.82) is 0 Å². The molecule has 3 aliphatic rings. The highest BCUT2D eigenvalue weighted by atomic mass is 35.5. The molecular weight excluding hydrogens is 416 g/mol. The van der Waals surface area contributed by atoms with Crippen molar-refractivity contribution in [3.63, 3.8) is 0 Å². The highest BCUT2D eigenvalue weighted by Gasteiger charge is 2.41. The Labute approximate surface area is 184 Å². The van der Waals surface area contributed by atoms with Gasteiger partial charge in [0.25, 0.3) is 0 Å². The Balaban J connectivity index is 1.42. The van der Waals surface area contributed by atoms with E-state index in [0.29, 0.717) is 5.02 Å². The molecule has 0 amide bonds. The molecule has 2 atom stereocenters. The van der Waals surface area contributed by atoms with E-state index >= 15 is 0 Å². The van der Waals surface area contributed by atoms with Crippen molar-refractivity contribution in [2.75, 3.05) is 13.9 Å². The first-order valence-electron chi connectivity index (χ1n) is 10.1. The van der Waals surface area contributed by atoms with Gasteiger partial charge < -0.3 is 18.9 Å². The van der Waals surface area contributed by atoms with E-state index in [4.69, 9.17) is 35.6 Å². The van der Waals surface area contributed by atoms with Crippen LogP contribution in [0.1, 0.15) is 35.4 Å². The van der Waals surface area contributed by atoms with Gasteiger partial charge in [0.05, 0.1) is 18.9 Å². The molecule has 3 aromatic rings. The van der Waals surface area contributed by atoms with Crippen LogP contribution in [0.3, 0.4) is 0 Å². The van der Waals surface area contributed by atoms with Gasteiger partial charge in [0.15, 0.2) is 11.5 Å². The molecule has 0 spiro atoms. The molecule has 0 N–H and O–H groups in total. The molecule has 0 aromatic heterocycles. The Morgan fingerprint density at radius 3 is 2.61 bits per heavy atom. The van der Waals surface area contributed by atoms with Crippen LogP contribution in [0, 0.1) is 0 Å². The van der Waals surface area contributed by atoms with Gasteiger partial charge in [-0.1, -0.05) is 11.6 Å². The lowest BCUT2D eigenvalue weighted by atomic mass is 9.95. The Bertz CT molecular complexity index is 1190. The zero-order valence-corrected chi connectivity index (χ0v) is 17.5. The number of ether oxygens (including phenoxy) is 4. The molecule has 7 heteroatoms. The molecule has 2 unspecified atom stereocenters. The number of rotatable bonds is 3. The van der Waals surface area contributed by atoms with Crippen LogP contribution in [0.15, 0.2) is 65.8 Å². The number of fused-ring (bicyclic) bond motifs is 4. The largest absolute Gasteiger partial charge is 0.497 e. The molecule has 3 heterocycles. The lowest BCUT2D eigenvalue weighted by Gasteiger charge is -2.38. The highest BCUT2D eigenvalue weighted by molar-refractivity contribution is 6.30. The van der Waals surface area contributed by atoms with Crippen molar-refractivity contribution in [1.82, 2.24) is 5.01 Å². The van der Waals surface area contributed by atoms with Gasteiger partial charge in [-0.15, -0.1) is 0 Å². The quantitative estimate of drug-likeness (QED) is 0.558. The smallest absolute Gasteiger partial charge is 0.231 e. The van der Waals surface area contributed by atoms with E-state index < -0.39 is 0 Å². The molecule has 6 rings (SSSR count). The highest BCUT2D eigenvalue weighted by Crippen LogP contribution is 2.48. The summed E-state index contributed by atoms with van der Waals surface area (Å²) in [6, 6.07) is 19.6. The molecule has 0 saturated carbocycles. The fraction of sp³-hybridized carbons (Fsp3) is 0.208. The minimum absolute atomic E-state index is 0.0231. The van der Waals surface area contributed by atoms with E-state index in [0.717, 1.165) is 51.8 Å². The summed E-state index contributed by atoms with van der Waals surface area (Å²) in [7, 11) is 1.66. The lowest BCUT2D eigenvalue weighted by molar-refractivity contribution is -0.0190. The van der Waals surface area contributed by atoms with Gasteiger partial charge in [-0.3, -0.25) is 0 Å². The normalized spacial score (nSPS) is 20.6. The van der Waals surface area contributed by atoms with Gasteiger partial charge in [0.2, 0.25) is 13.0 Å². The molecule has 0 bridgehead atoms. The minimum atomic E-state index is -0.351. The lowest BCUT2D eigenvalue weighted by Crippen LogP contribution is -2.33. The van der Waals surface area contributed by atoms with Crippen molar-refractivity contribution in [2.24, 2.45) is 5.10 Å². The van der Waals surface area contributed by atoms with Crippen LogP contribution >= 0.6 is 11.6 Å². The Hall–Kier alpha value is -3.38. The summed E-state index contributed by atoms with van der Waals surface area (Å²) >= 11 is 6.32. The third-order valence-electron chi connectivity index (χ3n) is 5.86. The average Bonchev–Trinajstić information content (AvgIpc) is 3.45. The number of hydrogen-bond acceptors (Lipinski definition) is 6. The standard InChI is InChI=1S/C24H19ClN2O4/c1-28-17-6-2-14(3-7-17)24-27-20(18-11-16(25)5-9-21(18)31-24)12-19(26-27)15-4-8-22-23(10-15)30-13-29-22/h2-11,20,24H,12-13H2,1H3. The number of methoxy groups -OCH3 is 1. The zero-order chi connectivity index (χ0) is 20.9. The number of benzene rings is 3. The SMILES string of the molecule is COc1ccc(C2Oc3ccc(Cl)cc3C3CC(c4ccc5c(c4)OCO5)=NN32)cc1. The first-order valence-corrected chi connectivity index (χ1v) is 10.4. The summed E-state index contributed by atoms with van der Waals surface area (Å²) in [6.07, 6.45) is 0.388. The van der Waals surface area contributed by atoms with Crippen molar-refractivity contribution >= 4 is 17.3 Å². The Morgan fingerprint density at radius 1 is 0.968 bits per heavy atom. The second-order valence-corrected chi connectivity index (χ2v) is 8.08. The fourth-order valence-corrected chi connectivity index (χ4v) is 4.48. The summed E-state index contributed by atoms with van der Waals surface area (Å²) in [4.78, 5) is 0. The number of nitrogens with zero attached hydrogens (tertiary/aromatic N) is 2. The van der Waals surface area contributed by atoms with Gasteiger partial charge in [0, 0.05) is 28.1 Å². The van der Waals surface area contributed by atoms with Crippen molar-refractivity contribution in [3.05, 3.63) is 82.4 Å². The number of hydrazone groups is 1. The predicted octanol–water partition coefficient (Wildman–Crippen LogP) is 5.32. The summed E-state index contributed by atoms with van der Waals surface area (Å²) in [5.41, 5.74) is 4.02. The van der Waals surface area contributed by atoms with Crippen molar-refractivity contribution in [3.8, 4) is 23.0 Å². The maximum Gasteiger partial charge on any atom is 0.231 e. The van der Waals surface area contributed by atoms with Gasteiger partial charge in [-0.2, -0.15) is 5.10 Å². The number of hydrogen-bond donors (Lipinski definition) is 0. The second-order valence-electron chi connectivity index (χ2n) is 7.64. The van der Waals surface area contributed by atoms with E-state index in [2.05, 4.69) is 0 Å². The van der Waals surface area contributed by atoms with Crippen LogP contribution in [0.5, 0.6) is 23.0 Å².